The van der Waals surface area contributed by atoms with Gasteiger partial charge in [0.1, 0.15) is 0 Å². The third-order valence-corrected chi connectivity index (χ3v) is 4.45. The Morgan fingerprint density at radius 2 is 1.76 bits per heavy atom. The van der Waals surface area contributed by atoms with Crippen molar-refractivity contribution in [3.63, 3.8) is 0 Å². The standard InChI is InChI=1S/C19H23NO/c1-13-10-14(2)19(15(3)11-13)18(21)12-20-9-8-16-6-4-5-7-17(16)20/h4-7,10-11,18,21H,8-9,12H2,1-3H3. The number of benzene rings is 2. The van der Waals surface area contributed by atoms with E-state index in [0.717, 1.165) is 18.5 Å². The Morgan fingerprint density at radius 1 is 1.10 bits per heavy atom. The Morgan fingerprint density at radius 3 is 2.48 bits per heavy atom. The van der Waals surface area contributed by atoms with Crippen molar-refractivity contribution in [2.75, 3.05) is 18.0 Å². The largest absolute Gasteiger partial charge is 0.387 e. The minimum absolute atomic E-state index is 0.434. The molecule has 0 saturated heterocycles. The topological polar surface area (TPSA) is 23.5 Å². The first-order valence-corrected chi connectivity index (χ1v) is 7.65. The van der Waals surface area contributed by atoms with Gasteiger partial charge in [-0.25, -0.2) is 0 Å². The molecule has 2 aromatic rings. The van der Waals surface area contributed by atoms with E-state index in [1.165, 1.54) is 27.9 Å². The third-order valence-electron chi connectivity index (χ3n) is 4.45. The van der Waals surface area contributed by atoms with Crippen molar-refractivity contribution >= 4 is 5.69 Å². The second-order valence-electron chi connectivity index (χ2n) is 6.15. The Labute approximate surface area is 127 Å². The molecule has 1 aliphatic heterocycles. The number of rotatable bonds is 3. The van der Waals surface area contributed by atoms with E-state index in [-0.39, 0.29) is 0 Å². The molecule has 0 radical (unpaired) electrons. The molecule has 1 unspecified atom stereocenters. The molecule has 0 amide bonds. The monoisotopic (exact) mass is 281 g/mol. The van der Waals surface area contributed by atoms with Crippen LogP contribution in [0.5, 0.6) is 0 Å². The normalized spacial score (nSPS) is 15.1. The van der Waals surface area contributed by atoms with Gasteiger partial charge in [-0.05, 0) is 55.5 Å². The molecule has 0 aromatic heterocycles. The zero-order valence-corrected chi connectivity index (χ0v) is 13.1. The Balaban J connectivity index is 1.84. The zero-order valence-electron chi connectivity index (χ0n) is 13.1. The van der Waals surface area contributed by atoms with Gasteiger partial charge >= 0.3 is 0 Å². The van der Waals surface area contributed by atoms with E-state index in [1.807, 2.05) is 0 Å². The number of aliphatic hydroxyl groups excluding tert-OH is 1. The molecule has 110 valence electrons. The maximum absolute atomic E-state index is 10.7. The summed E-state index contributed by atoms with van der Waals surface area (Å²) in [7, 11) is 0. The first-order valence-electron chi connectivity index (χ1n) is 7.65. The number of para-hydroxylation sites is 1. The van der Waals surface area contributed by atoms with Crippen LogP contribution in [0, 0.1) is 20.8 Å². The van der Waals surface area contributed by atoms with Crippen molar-refractivity contribution in [2.24, 2.45) is 0 Å². The predicted molar refractivity (Wildman–Crippen MR) is 88.0 cm³/mol. The summed E-state index contributed by atoms with van der Waals surface area (Å²) in [5.74, 6) is 0. The van der Waals surface area contributed by atoms with Crippen LogP contribution in [0.15, 0.2) is 36.4 Å². The predicted octanol–water partition coefficient (Wildman–Crippen LogP) is 3.71. The van der Waals surface area contributed by atoms with E-state index in [0.29, 0.717) is 6.54 Å². The molecule has 1 N–H and O–H groups in total. The summed E-state index contributed by atoms with van der Waals surface area (Å²) in [5, 5.41) is 10.7. The van der Waals surface area contributed by atoms with Crippen LogP contribution in [0.2, 0.25) is 0 Å². The van der Waals surface area contributed by atoms with Gasteiger partial charge in [0.15, 0.2) is 0 Å². The molecule has 21 heavy (non-hydrogen) atoms. The Bertz CT molecular complexity index is 639. The minimum atomic E-state index is -0.434. The molecular formula is C19H23NO. The van der Waals surface area contributed by atoms with Gasteiger partial charge in [-0.1, -0.05) is 35.9 Å². The summed E-state index contributed by atoms with van der Waals surface area (Å²) in [5.41, 5.74) is 7.39. The highest BCUT2D eigenvalue weighted by Gasteiger charge is 2.23. The molecule has 2 nitrogen and oxygen atoms in total. The number of hydrogen-bond donors (Lipinski definition) is 1. The first-order chi connectivity index (χ1) is 10.1. The molecule has 0 aliphatic carbocycles. The molecule has 1 aliphatic rings. The zero-order chi connectivity index (χ0) is 15.0. The van der Waals surface area contributed by atoms with Crippen LogP contribution in [0.4, 0.5) is 5.69 Å². The van der Waals surface area contributed by atoms with Crippen LogP contribution in [0.3, 0.4) is 0 Å². The molecule has 1 atom stereocenters. The highest BCUT2D eigenvalue weighted by molar-refractivity contribution is 5.58. The van der Waals surface area contributed by atoms with Crippen LogP contribution in [0.1, 0.15) is 33.9 Å². The lowest BCUT2D eigenvalue weighted by Crippen LogP contribution is -2.27. The van der Waals surface area contributed by atoms with Gasteiger partial charge < -0.3 is 10.0 Å². The SMILES string of the molecule is Cc1cc(C)c(C(O)CN2CCc3ccccc32)c(C)c1. The lowest BCUT2D eigenvalue weighted by Gasteiger charge is -2.25. The average Bonchev–Trinajstić information content (AvgIpc) is 2.81. The fourth-order valence-corrected chi connectivity index (χ4v) is 3.61. The van der Waals surface area contributed by atoms with Gasteiger partial charge in [0, 0.05) is 18.8 Å². The number of aliphatic hydroxyl groups is 1. The molecule has 0 saturated carbocycles. The van der Waals surface area contributed by atoms with Crippen LogP contribution in [-0.2, 0) is 6.42 Å². The van der Waals surface area contributed by atoms with E-state index in [4.69, 9.17) is 0 Å². The van der Waals surface area contributed by atoms with Crippen molar-refractivity contribution in [1.29, 1.82) is 0 Å². The highest BCUT2D eigenvalue weighted by Crippen LogP contribution is 2.31. The lowest BCUT2D eigenvalue weighted by molar-refractivity contribution is 0.182. The van der Waals surface area contributed by atoms with E-state index in [1.54, 1.807) is 0 Å². The maximum Gasteiger partial charge on any atom is 0.0969 e. The van der Waals surface area contributed by atoms with Crippen molar-refractivity contribution in [3.05, 3.63) is 64.2 Å². The Kier molecular flexibility index (Phi) is 3.73. The van der Waals surface area contributed by atoms with Gasteiger partial charge in [-0.3, -0.25) is 0 Å². The highest BCUT2D eigenvalue weighted by atomic mass is 16.3. The number of nitrogens with zero attached hydrogens (tertiary/aromatic N) is 1. The van der Waals surface area contributed by atoms with Crippen molar-refractivity contribution < 1.29 is 5.11 Å². The van der Waals surface area contributed by atoms with E-state index >= 15 is 0 Å². The number of β-amino-alcohol motifs (C(OH)–C–C–N with tert-alkyl or cyclic N) is 1. The summed E-state index contributed by atoms with van der Waals surface area (Å²) in [6.45, 7) is 7.96. The summed E-state index contributed by atoms with van der Waals surface area (Å²) in [6, 6.07) is 12.8. The Hall–Kier alpha value is -1.80. The molecule has 3 rings (SSSR count). The van der Waals surface area contributed by atoms with E-state index < -0.39 is 6.10 Å². The number of fused-ring (bicyclic) bond motifs is 1. The van der Waals surface area contributed by atoms with Crippen molar-refractivity contribution in [2.45, 2.75) is 33.3 Å². The van der Waals surface area contributed by atoms with Crippen molar-refractivity contribution in [3.8, 4) is 0 Å². The maximum atomic E-state index is 10.7. The van der Waals surface area contributed by atoms with Gasteiger partial charge in [-0.2, -0.15) is 0 Å². The molecule has 2 heteroatoms. The van der Waals surface area contributed by atoms with Crippen LogP contribution in [0.25, 0.3) is 0 Å². The molecule has 1 heterocycles. The van der Waals surface area contributed by atoms with Crippen LogP contribution >= 0.6 is 0 Å². The number of aryl methyl sites for hydroxylation is 3. The fourth-order valence-electron chi connectivity index (χ4n) is 3.61. The quantitative estimate of drug-likeness (QED) is 0.927. The van der Waals surface area contributed by atoms with Gasteiger partial charge in [-0.15, -0.1) is 0 Å². The van der Waals surface area contributed by atoms with Gasteiger partial charge in [0.2, 0.25) is 0 Å². The molecular weight excluding hydrogens is 258 g/mol. The summed E-state index contributed by atoms with van der Waals surface area (Å²) in [4.78, 5) is 2.30. The molecule has 0 fully saturated rings. The summed E-state index contributed by atoms with van der Waals surface area (Å²) >= 11 is 0. The fraction of sp³-hybridized carbons (Fsp3) is 0.368. The average molecular weight is 281 g/mol. The van der Waals surface area contributed by atoms with Gasteiger partial charge in [0.25, 0.3) is 0 Å². The smallest absolute Gasteiger partial charge is 0.0969 e. The molecule has 2 aromatic carbocycles. The number of hydrogen-bond acceptors (Lipinski definition) is 2. The van der Waals surface area contributed by atoms with Gasteiger partial charge in [0.05, 0.1) is 6.10 Å². The van der Waals surface area contributed by atoms with Crippen molar-refractivity contribution in [1.82, 2.24) is 0 Å². The third kappa shape index (κ3) is 2.68. The second kappa shape index (κ2) is 5.53. The summed E-state index contributed by atoms with van der Waals surface area (Å²) in [6.07, 6.45) is 0.645. The molecule has 0 bridgehead atoms. The summed E-state index contributed by atoms with van der Waals surface area (Å²) < 4.78 is 0. The van der Waals surface area contributed by atoms with Crippen LogP contribution in [-0.4, -0.2) is 18.2 Å². The second-order valence-corrected chi connectivity index (χ2v) is 6.15. The molecule has 0 spiro atoms. The van der Waals surface area contributed by atoms with Crippen LogP contribution < -0.4 is 4.90 Å². The van der Waals surface area contributed by atoms with E-state index in [9.17, 15) is 5.11 Å². The lowest BCUT2D eigenvalue weighted by atomic mass is 9.95. The number of anilines is 1. The minimum Gasteiger partial charge on any atom is -0.387 e. The van der Waals surface area contributed by atoms with E-state index in [2.05, 4.69) is 62.1 Å². The first kappa shape index (κ1) is 14.2.